The molecule has 0 aliphatic carbocycles. The van der Waals surface area contributed by atoms with Crippen LogP contribution < -0.4 is 9.30 Å². The van der Waals surface area contributed by atoms with Crippen LogP contribution in [0.3, 0.4) is 0 Å². The van der Waals surface area contributed by atoms with Gasteiger partial charge in [-0.05, 0) is 43.7 Å². The number of ether oxygens (including phenoxy) is 1. The van der Waals surface area contributed by atoms with Gasteiger partial charge in [0.2, 0.25) is 5.52 Å². The van der Waals surface area contributed by atoms with Gasteiger partial charge in [0.25, 0.3) is 0 Å². The van der Waals surface area contributed by atoms with Gasteiger partial charge in [-0.3, -0.25) is 0 Å². The molecule has 4 heteroatoms. The van der Waals surface area contributed by atoms with E-state index in [1.54, 1.807) is 19.2 Å². The molecule has 0 saturated heterocycles. The number of aliphatic hydroxyl groups is 1. The van der Waals surface area contributed by atoms with E-state index in [0.717, 1.165) is 38.6 Å². The number of nitrogens with zero attached hydrogens (tertiary/aromatic N) is 1. The molecule has 28 heavy (non-hydrogen) atoms. The van der Waals surface area contributed by atoms with Gasteiger partial charge in [-0.25, -0.2) is 4.39 Å². The average molecular weight is 376 g/mol. The summed E-state index contributed by atoms with van der Waals surface area (Å²) in [5.41, 5.74) is 5.31. The molecule has 0 aliphatic heterocycles. The van der Waals surface area contributed by atoms with Crippen LogP contribution in [-0.2, 0) is 6.54 Å². The zero-order valence-electron chi connectivity index (χ0n) is 16.3. The fraction of sp³-hybridized carbons (Fsp3) is 0.208. The predicted octanol–water partition coefficient (Wildman–Crippen LogP) is 4.70. The molecule has 0 bridgehead atoms. The first kappa shape index (κ1) is 18.4. The van der Waals surface area contributed by atoms with E-state index in [0.29, 0.717) is 6.54 Å². The molecule has 0 radical (unpaired) electrons. The highest BCUT2D eigenvalue weighted by molar-refractivity contribution is 6.06. The second-order valence-electron chi connectivity index (χ2n) is 7.22. The maximum atomic E-state index is 14.1. The molecule has 0 saturated carbocycles. The molecule has 3 nitrogen and oxygen atoms in total. The summed E-state index contributed by atoms with van der Waals surface area (Å²) in [6.45, 7) is 4.61. The molecule has 3 aromatic carbocycles. The Bertz CT molecular complexity index is 1180. The first-order chi connectivity index (χ1) is 13.5. The van der Waals surface area contributed by atoms with Crippen LogP contribution >= 0.6 is 0 Å². The summed E-state index contributed by atoms with van der Waals surface area (Å²) in [6.07, 6.45) is 1.99. The number of aryl methyl sites for hydroxylation is 2. The number of fused-ring (bicyclic) bond motifs is 3. The number of hydrogen-bond acceptors (Lipinski definition) is 2. The number of aromatic nitrogens is 1. The van der Waals surface area contributed by atoms with Crippen molar-refractivity contribution >= 4 is 21.7 Å². The summed E-state index contributed by atoms with van der Waals surface area (Å²) in [5.74, 6) is 0.489. The number of hydrogen-bond donors (Lipinski definition) is 1. The molecule has 4 rings (SSSR count). The molecule has 1 N–H and O–H groups in total. The summed E-state index contributed by atoms with van der Waals surface area (Å²) in [5, 5.41) is 12.1. The normalized spacial score (nSPS) is 11.3. The molecule has 0 atom stereocenters. The monoisotopic (exact) mass is 376 g/mol. The Balaban J connectivity index is 2.09. The van der Waals surface area contributed by atoms with Gasteiger partial charge < -0.3 is 9.84 Å². The van der Waals surface area contributed by atoms with Gasteiger partial charge in [0, 0.05) is 17.0 Å². The van der Waals surface area contributed by atoms with E-state index in [9.17, 15) is 9.50 Å². The van der Waals surface area contributed by atoms with Crippen LogP contribution in [0.2, 0.25) is 0 Å². The van der Waals surface area contributed by atoms with Crippen molar-refractivity contribution in [1.29, 1.82) is 0 Å². The van der Waals surface area contributed by atoms with E-state index in [2.05, 4.69) is 38.1 Å². The first-order valence-electron chi connectivity index (χ1n) is 9.33. The fourth-order valence-corrected chi connectivity index (χ4v) is 3.96. The fourth-order valence-electron chi connectivity index (χ4n) is 3.96. The molecular formula is C24H23FNO2+. The van der Waals surface area contributed by atoms with Crippen molar-refractivity contribution in [2.75, 3.05) is 13.7 Å². The van der Waals surface area contributed by atoms with Crippen molar-refractivity contribution < 1.29 is 18.8 Å². The minimum absolute atomic E-state index is 0.0143. The lowest BCUT2D eigenvalue weighted by Crippen LogP contribution is -2.36. The Kier molecular flexibility index (Phi) is 4.73. The van der Waals surface area contributed by atoms with Crippen LogP contribution in [0, 0.1) is 19.7 Å². The SMILES string of the molecule is COc1cc2c[n+](CCO)c3ccc(F)cc3c2cc1-c1cc(C)cc(C)c1. The van der Waals surface area contributed by atoms with Gasteiger partial charge in [-0.1, -0.05) is 29.3 Å². The summed E-state index contributed by atoms with van der Waals surface area (Å²) in [4.78, 5) is 0. The van der Waals surface area contributed by atoms with E-state index in [1.807, 2.05) is 16.8 Å². The lowest BCUT2D eigenvalue weighted by molar-refractivity contribution is -0.671. The van der Waals surface area contributed by atoms with E-state index in [4.69, 9.17) is 4.74 Å². The summed E-state index contributed by atoms with van der Waals surface area (Å²) in [6, 6.07) is 15.2. The topological polar surface area (TPSA) is 33.3 Å². The van der Waals surface area contributed by atoms with Gasteiger partial charge >= 0.3 is 0 Å². The van der Waals surface area contributed by atoms with Crippen molar-refractivity contribution in [3.8, 4) is 16.9 Å². The van der Waals surface area contributed by atoms with Crippen LogP contribution in [0.4, 0.5) is 4.39 Å². The smallest absolute Gasteiger partial charge is 0.213 e. The van der Waals surface area contributed by atoms with Crippen LogP contribution in [0.15, 0.2) is 54.7 Å². The maximum absolute atomic E-state index is 14.1. The molecule has 0 unspecified atom stereocenters. The highest BCUT2D eigenvalue weighted by Gasteiger charge is 2.17. The van der Waals surface area contributed by atoms with Crippen LogP contribution in [0.5, 0.6) is 5.75 Å². The van der Waals surface area contributed by atoms with Crippen LogP contribution in [0.25, 0.3) is 32.8 Å². The number of rotatable bonds is 4. The second kappa shape index (κ2) is 7.21. The van der Waals surface area contributed by atoms with E-state index in [1.165, 1.54) is 17.2 Å². The van der Waals surface area contributed by atoms with E-state index >= 15 is 0 Å². The summed E-state index contributed by atoms with van der Waals surface area (Å²) in [7, 11) is 1.66. The number of benzene rings is 3. The van der Waals surface area contributed by atoms with Gasteiger partial charge in [0.15, 0.2) is 12.7 Å². The lowest BCUT2D eigenvalue weighted by atomic mass is 9.96. The molecule has 1 aromatic heterocycles. The Labute approximate surface area is 163 Å². The number of aliphatic hydroxyl groups excluding tert-OH is 1. The van der Waals surface area contributed by atoms with E-state index < -0.39 is 0 Å². The molecule has 0 amide bonds. The third kappa shape index (κ3) is 3.20. The maximum Gasteiger partial charge on any atom is 0.213 e. The van der Waals surface area contributed by atoms with Gasteiger partial charge in [0.1, 0.15) is 18.2 Å². The first-order valence-corrected chi connectivity index (χ1v) is 9.33. The van der Waals surface area contributed by atoms with E-state index in [-0.39, 0.29) is 12.4 Å². The number of pyridine rings is 1. The third-order valence-corrected chi connectivity index (χ3v) is 5.10. The van der Waals surface area contributed by atoms with Gasteiger partial charge in [-0.15, -0.1) is 0 Å². The summed E-state index contributed by atoms with van der Waals surface area (Å²) < 4.78 is 21.7. The molecule has 0 fully saturated rings. The van der Waals surface area contributed by atoms with Crippen LogP contribution in [-0.4, -0.2) is 18.8 Å². The molecule has 4 aromatic rings. The van der Waals surface area contributed by atoms with Gasteiger partial charge in [0.05, 0.1) is 17.9 Å². The summed E-state index contributed by atoms with van der Waals surface area (Å²) >= 11 is 0. The number of methoxy groups -OCH3 is 1. The zero-order chi connectivity index (χ0) is 19.8. The molecule has 1 heterocycles. The van der Waals surface area contributed by atoms with Crippen molar-refractivity contribution in [1.82, 2.24) is 0 Å². The minimum Gasteiger partial charge on any atom is -0.496 e. The zero-order valence-corrected chi connectivity index (χ0v) is 16.3. The van der Waals surface area contributed by atoms with Crippen LogP contribution in [0.1, 0.15) is 11.1 Å². The molecular weight excluding hydrogens is 353 g/mol. The van der Waals surface area contributed by atoms with Crippen molar-refractivity contribution in [2.45, 2.75) is 20.4 Å². The standard InChI is InChI=1S/C24H23FNO2/c1-15-8-16(2)10-17(9-15)21-13-20-18(11-24(21)28-3)14-26(6-7-27)23-5-4-19(25)12-22(20)23/h4-5,8-14,27H,6-7H2,1-3H3/q+1. The van der Waals surface area contributed by atoms with Crippen molar-refractivity contribution in [3.05, 3.63) is 71.7 Å². The lowest BCUT2D eigenvalue weighted by Gasteiger charge is -2.13. The molecule has 142 valence electrons. The highest BCUT2D eigenvalue weighted by Crippen LogP contribution is 2.37. The third-order valence-electron chi connectivity index (χ3n) is 5.10. The predicted molar refractivity (Wildman–Crippen MR) is 110 cm³/mol. The largest absolute Gasteiger partial charge is 0.496 e. The van der Waals surface area contributed by atoms with Crippen molar-refractivity contribution in [2.24, 2.45) is 0 Å². The Hall–Kier alpha value is -2.98. The van der Waals surface area contributed by atoms with Crippen molar-refractivity contribution in [3.63, 3.8) is 0 Å². The van der Waals surface area contributed by atoms with Gasteiger partial charge in [-0.2, -0.15) is 4.57 Å². The highest BCUT2D eigenvalue weighted by atomic mass is 19.1. The minimum atomic E-state index is -0.278. The average Bonchev–Trinajstić information content (AvgIpc) is 2.66. The molecule has 0 spiro atoms. The Morgan fingerprint density at radius 2 is 1.71 bits per heavy atom. The number of halogens is 1. The Morgan fingerprint density at radius 3 is 2.39 bits per heavy atom. The molecule has 0 aliphatic rings. The second-order valence-corrected chi connectivity index (χ2v) is 7.22. The Morgan fingerprint density at radius 1 is 0.964 bits per heavy atom. The quantitative estimate of drug-likeness (QED) is 0.414.